The Bertz CT molecular complexity index is 720. The fourth-order valence-electron chi connectivity index (χ4n) is 2.78. The highest BCUT2D eigenvalue weighted by Gasteiger charge is 2.26. The van der Waals surface area contributed by atoms with Gasteiger partial charge in [-0.2, -0.15) is 5.10 Å². The third-order valence-electron chi connectivity index (χ3n) is 3.89. The number of esters is 1. The van der Waals surface area contributed by atoms with Crippen molar-refractivity contribution in [3.05, 3.63) is 42.5 Å². The largest absolute Gasteiger partial charge is 0.452 e. The minimum absolute atomic E-state index is 0.0206. The number of rotatable bonds is 4. The molecule has 1 saturated heterocycles. The molecule has 2 atom stereocenters. The Hall–Kier alpha value is -2.74. The molecule has 1 aromatic heterocycles. The molecule has 1 aromatic carbocycles. The second-order valence-electron chi connectivity index (χ2n) is 6.02. The van der Waals surface area contributed by atoms with Gasteiger partial charge in [0.2, 0.25) is 0 Å². The van der Waals surface area contributed by atoms with Crippen molar-refractivity contribution in [3.63, 3.8) is 0 Å². The Morgan fingerprint density at radius 2 is 1.88 bits per heavy atom. The summed E-state index contributed by atoms with van der Waals surface area (Å²) in [5.74, 6) is -0.748. The van der Waals surface area contributed by atoms with E-state index in [0.717, 1.165) is 5.69 Å². The number of hydrogen-bond donors (Lipinski definition) is 0. The van der Waals surface area contributed by atoms with Crippen LogP contribution in [0, 0.1) is 0 Å². The molecule has 132 valence electrons. The van der Waals surface area contributed by atoms with Gasteiger partial charge in [0.25, 0.3) is 5.91 Å². The number of aromatic nitrogens is 3. The highest BCUT2D eigenvalue weighted by atomic mass is 16.5. The van der Waals surface area contributed by atoms with E-state index in [-0.39, 0.29) is 24.7 Å². The SMILES string of the molecule is C[C@H]1CN(C(=O)COC(=O)c2ccc(-n3cncn3)cc2)C[C@H](C)O1. The standard InChI is InChI=1S/C17H20N4O4/c1-12-7-20(8-13(2)25-12)16(22)9-24-17(23)14-3-5-15(6-4-14)21-11-18-10-19-21/h3-6,10-13H,7-9H2,1-2H3/t12-,13-/m0/s1. The van der Waals surface area contributed by atoms with Gasteiger partial charge in [0.05, 0.1) is 23.5 Å². The number of morpholine rings is 1. The van der Waals surface area contributed by atoms with E-state index in [1.807, 2.05) is 13.8 Å². The molecule has 8 heteroatoms. The van der Waals surface area contributed by atoms with E-state index in [4.69, 9.17) is 9.47 Å². The van der Waals surface area contributed by atoms with Crippen LogP contribution < -0.4 is 0 Å². The minimum Gasteiger partial charge on any atom is -0.452 e. The molecule has 1 fully saturated rings. The van der Waals surface area contributed by atoms with Crippen LogP contribution >= 0.6 is 0 Å². The summed E-state index contributed by atoms with van der Waals surface area (Å²) in [5.41, 5.74) is 1.15. The number of carbonyl (C=O) groups is 2. The zero-order valence-electron chi connectivity index (χ0n) is 14.2. The molecule has 1 amide bonds. The summed E-state index contributed by atoms with van der Waals surface area (Å²) < 4.78 is 12.3. The molecular weight excluding hydrogens is 324 g/mol. The van der Waals surface area contributed by atoms with Crippen LogP contribution in [0.25, 0.3) is 5.69 Å². The van der Waals surface area contributed by atoms with Gasteiger partial charge in [0.1, 0.15) is 12.7 Å². The van der Waals surface area contributed by atoms with Gasteiger partial charge in [-0.05, 0) is 38.1 Å². The molecule has 0 bridgehead atoms. The smallest absolute Gasteiger partial charge is 0.338 e. The van der Waals surface area contributed by atoms with Gasteiger partial charge in [-0.1, -0.05) is 0 Å². The van der Waals surface area contributed by atoms with Gasteiger partial charge in [-0.15, -0.1) is 0 Å². The first kappa shape index (κ1) is 17.1. The summed E-state index contributed by atoms with van der Waals surface area (Å²) in [5, 5.41) is 4.01. The monoisotopic (exact) mass is 344 g/mol. The second-order valence-corrected chi connectivity index (χ2v) is 6.02. The minimum atomic E-state index is -0.534. The molecule has 0 unspecified atom stereocenters. The van der Waals surface area contributed by atoms with E-state index in [2.05, 4.69) is 10.1 Å². The Kier molecular flexibility index (Phi) is 5.08. The van der Waals surface area contributed by atoms with E-state index >= 15 is 0 Å². The molecule has 8 nitrogen and oxygen atoms in total. The molecule has 0 saturated carbocycles. The normalized spacial score (nSPS) is 20.3. The van der Waals surface area contributed by atoms with Crippen LogP contribution in [0.1, 0.15) is 24.2 Å². The molecule has 0 spiro atoms. The van der Waals surface area contributed by atoms with Crippen molar-refractivity contribution in [2.45, 2.75) is 26.1 Å². The maximum atomic E-state index is 12.2. The van der Waals surface area contributed by atoms with Crippen molar-refractivity contribution in [3.8, 4) is 5.69 Å². The highest BCUT2D eigenvalue weighted by Crippen LogP contribution is 2.12. The Balaban J connectivity index is 1.54. The first-order chi connectivity index (χ1) is 12.0. The quantitative estimate of drug-likeness (QED) is 0.771. The number of nitrogens with zero attached hydrogens (tertiary/aromatic N) is 4. The van der Waals surface area contributed by atoms with Crippen molar-refractivity contribution >= 4 is 11.9 Å². The molecule has 0 aliphatic carbocycles. The molecule has 0 radical (unpaired) electrons. The van der Waals surface area contributed by atoms with Crippen LogP contribution in [0.2, 0.25) is 0 Å². The highest BCUT2D eigenvalue weighted by molar-refractivity contribution is 5.91. The lowest BCUT2D eigenvalue weighted by Crippen LogP contribution is -2.49. The van der Waals surface area contributed by atoms with Crippen LogP contribution in [0.15, 0.2) is 36.9 Å². The maximum absolute atomic E-state index is 12.2. The van der Waals surface area contributed by atoms with Gasteiger partial charge in [-0.3, -0.25) is 4.79 Å². The van der Waals surface area contributed by atoms with Crippen LogP contribution in [0.4, 0.5) is 0 Å². The van der Waals surface area contributed by atoms with Crippen molar-refractivity contribution in [1.82, 2.24) is 19.7 Å². The zero-order chi connectivity index (χ0) is 17.8. The number of ether oxygens (including phenoxy) is 2. The summed E-state index contributed by atoms with van der Waals surface area (Å²) in [6.45, 7) is 4.57. The van der Waals surface area contributed by atoms with Crippen LogP contribution in [-0.4, -0.2) is 63.4 Å². The van der Waals surface area contributed by atoms with Gasteiger partial charge < -0.3 is 14.4 Å². The summed E-state index contributed by atoms with van der Waals surface area (Å²) >= 11 is 0. The summed E-state index contributed by atoms with van der Waals surface area (Å²) in [6.07, 6.45) is 2.96. The number of benzene rings is 1. The fourth-order valence-corrected chi connectivity index (χ4v) is 2.78. The fraction of sp³-hybridized carbons (Fsp3) is 0.412. The number of amides is 1. The average Bonchev–Trinajstić information content (AvgIpc) is 3.13. The Morgan fingerprint density at radius 1 is 1.20 bits per heavy atom. The molecule has 0 N–H and O–H groups in total. The molecule has 25 heavy (non-hydrogen) atoms. The predicted molar refractivity (Wildman–Crippen MR) is 88.2 cm³/mol. The van der Waals surface area contributed by atoms with E-state index in [9.17, 15) is 9.59 Å². The lowest BCUT2D eigenvalue weighted by Gasteiger charge is -2.35. The summed E-state index contributed by atoms with van der Waals surface area (Å²) in [4.78, 5) is 29.9. The molecule has 2 heterocycles. The number of hydrogen-bond acceptors (Lipinski definition) is 6. The van der Waals surface area contributed by atoms with E-state index in [0.29, 0.717) is 18.7 Å². The maximum Gasteiger partial charge on any atom is 0.338 e. The molecular formula is C17H20N4O4. The Labute approximate surface area is 145 Å². The molecule has 3 rings (SSSR count). The van der Waals surface area contributed by atoms with Gasteiger partial charge in [0.15, 0.2) is 6.61 Å². The third-order valence-corrected chi connectivity index (χ3v) is 3.89. The van der Waals surface area contributed by atoms with E-state index in [1.165, 1.54) is 6.33 Å². The van der Waals surface area contributed by atoms with Crippen molar-refractivity contribution < 1.29 is 19.1 Å². The Morgan fingerprint density at radius 3 is 2.48 bits per heavy atom. The predicted octanol–water partition coefficient (Wildman–Crippen LogP) is 1.06. The second kappa shape index (κ2) is 7.43. The topological polar surface area (TPSA) is 86.6 Å². The lowest BCUT2D eigenvalue weighted by atomic mass is 10.2. The molecule has 1 aliphatic rings. The van der Waals surface area contributed by atoms with Gasteiger partial charge in [0, 0.05) is 13.1 Å². The van der Waals surface area contributed by atoms with E-state index in [1.54, 1.807) is 40.2 Å². The van der Waals surface area contributed by atoms with Gasteiger partial charge in [-0.25, -0.2) is 14.5 Å². The number of carbonyl (C=O) groups excluding carboxylic acids is 2. The van der Waals surface area contributed by atoms with Crippen LogP contribution in [0.3, 0.4) is 0 Å². The first-order valence-electron chi connectivity index (χ1n) is 8.08. The van der Waals surface area contributed by atoms with Crippen LogP contribution in [-0.2, 0) is 14.3 Å². The third kappa shape index (κ3) is 4.21. The molecule has 2 aromatic rings. The van der Waals surface area contributed by atoms with Crippen molar-refractivity contribution in [2.24, 2.45) is 0 Å². The average molecular weight is 344 g/mol. The molecule has 1 aliphatic heterocycles. The van der Waals surface area contributed by atoms with E-state index < -0.39 is 5.97 Å². The zero-order valence-corrected chi connectivity index (χ0v) is 14.2. The first-order valence-corrected chi connectivity index (χ1v) is 8.08. The van der Waals surface area contributed by atoms with Crippen molar-refractivity contribution in [1.29, 1.82) is 0 Å². The summed E-state index contributed by atoms with van der Waals surface area (Å²) in [7, 11) is 0. The van der Waals surface area contributed by atoms with Crippen molar-refractivity contribution in [2.75, 3.05) is 19.7 Å². The lowest BCUT2D eigenvalue weighted by molar-refractivity contribution is -0.146. The summed E-state index contributed by atoms with van der Waals surface area (Å²) in [6, 6.07) is 6.72. The van der Waals surface area contributed by atoms with Crippen LogP contribution in [0.5, 0.6) is 0 Å². The van der Waals surface area contributed by atoms with Gasteiger partial charge >= 0.3 is 5.97 Å².